The van der Waals surface area contributed by atoms with Gasteiger partial charge in [-0.25, -0.2) is 9.59 Å². The molecule has 1 atom stereocenters. The van der Waals surface area contributed by atoms with Crippen LogP contribution >= 0.6 is 34.2 Å². The highest BCUT2D eigenvalue weighted by molar-refractivity contribution is 14.1. The maximum Gasteiger partial charge on any atom is 0.329 e. The zero-order valence-electron chi connectivity index (χ0n) is 11.5. The van der Waals surface area contributed by atoms with Crippen LogP contribution in [0, 0.1) is 3.57 Å². The Morgan fingerprint density at radius 3 is 2.81 bits per heavy atom. The number of carbonyl (C=O) groups excluding carboxylic acids is 1. The van der Waals surface area contributed by atoms with Crippen molar-refractivity contribution in [3.05, 3.63) is 26.8 Å². The van der Waals surface area contributed by atoms with Crippen LogP contribution in [0.25, 0.3) is 0 Å². The Morgan fingerprint density at radius 2 is 2.24 bits per heavy atom. The Labute approximate surface area is 141 Å². The molecule has 1 aromatic rings. The van der Waals surface area contributed by atoms with Gasteiger partial charge in [0, 0.05) is 15.1 Å². The van der Waals surface area contributed by atoms with Crippen LogP contribution in [-0.4, -0.2) is 34.1 Å². The quantitative estimate of drug-likeness (QED) is 0.728. The van der Waals surface area contributed by atoms with E-state index in [9.17, 15) is 14.7 Å². The number of nitrogens with zero attached hydrogens (tertiary/aromatic N) is 1. The van der Waals surface area contributed by atoms with Crippen LogP contribution in [0.2, 0.25) is 5.02 Å². The fourth-order valence-electron chi connectivity index (χ4n) is 2.69. The third-order valence-electron chi connectivity index (χ3n) is 3.89. The predicted octanol–water partition coefficient (Wildman–Crippen LogP) is 3.81. The van der Waals surface area contributed by atoms with E-state index in [1.54, 1.807) is 25.1 Å². The molecule has 0 bridgehead atoms. The molecule has 114 valence electrons. The second-order valence-corrected chi connectivity index (χ2v) is 6.60. The van der Waals surface area contributed by atoms with Gasteiger partial charge in [0.25, 0.3) is 0 Å². The van der Waals surface area contributed by atoms with E-state index in [4.69, 9.17) is 11.6 Å². The summed E-state index contributed by atoms with van der Waals surface area (Å²) in [4.78, 5) is 25.5. The van der Waals surface area contributed by atoms with E-state index in [0.717, 1.165) is 3.57 Å². The van der Waals surface area contributed by atoms with Crippen molar-refractivity contribution in [2.24, 2.45) is 0 Å². The van der Waals surface area contributed by atoms with E-state index in [-0.39, 0.29) is 6.03 Å². The molecule has 2 rings (SSSR count). The molecule has 1 heterocycles. The number of hydrogen-bond donors (Lipinski definition) is 2. The van der Waals surface area contributed by atoms with Crippen molar-refractivity contribution < 1.29 is 14.7 Å². The molecule has 7 heteroatoms. The molecule has 1 unspecified atom stereocenters. The van der Waals surface area contributed by atoms with Gasteiger partial charge in [-0.1, -0.05) is 18.5 Å². The summed E-state index contributed by atoms with van der Waals surface area (Å²) < 4.78 is 0.810. The lowest BCUT2D eigenvalue weighted by Gasteiger charge is -2.33. The SMILES string of the molecule is CCC1(C(=O)O)CCCN1C(=O)Nc1ccc(Cl)cc1I. The molecule has 1 aromatic carbocycles. The Balaban J connectivity index is 2.21. The number of hydrogen-bond acceptors (Lipinski definition) is 2. The lowest BCUT2D eigenvalue weighted by atomic mass is 9.93. The van der Waals surface area contributed by atoms with Crippen LogP contribution in [0.4, 0.5) is 10.5 Å². The summed E-state index contributed by atoms with van der Waals surface area (Å²) in [7, 11) is 0. The van der Waals surface area contributed by atoms with Gasteiger partial charge in [0.1, 0.15) is 5.54 Å². The fraction of sp³-hybridized carbons (Fsp3) is 0.429. The first-order valence-corrected chi connectivity index (χ1v) is 8.13. The first kappa shape index (κ1) is 16.4. The van der Waals surface area contributed by atoms with E-state index < -0.39 is 11.5 Å². The molecule has 0 saturated carbocycles. The Kier molecular flexibility index (Phi) is 4.98. The van der Waals surface area contributed by atoms with Gasteiger partial charge >= 0.3 is 12.0 Å². The number of benzene rings is 1. The van der Waals surface area contributed by atoms with Crippen molar-refractivity contribution >= 4 is 51.9 Å². The number of rotatable bonds is 3. The monoisotopic (exact) mass is 422 g/mol. The van der Waals surface area contributed by atoms with Crippen LogP contribution < -0.4 is 5.32 Å². The van der Waals surface area contributed by atoms with Gasteiger partial charge in [-0.15, -0.1) is 0 Å². The number of carboxylic acid groups (broad SMARTS) is 1. The molecule has 1 saturated heterocycles. The minimum absolute atomic E-state index is 0.378. The standard InChI is InChI=1S/C14H16ClIN2O3/c1-2-14(12(19)20)6-3-7-18(14)13(21)17-11-5-4-9(15)8-10(11)16/h4-5,8H,2-3,6-7H2,1H3,(H,17,21)(H,19,20). The summed E-state index contributed by atoms with van der Waals surface area (Å²) >= 11 is 7.96. The number of carboxylic acids is 1. The minimum atomic E-state index is -1.10. The van der Waals surface area contributed by atoms with Crippen molar-refractivity contribution in [1.29, 1.82) is 0 Å². The molecule has 0 spiro atoms. The van der Waals surface area contributed by atoms with Crippen molar-refractivity contribution in [2.45, 2.75) is 31.7 Å². The Bertz CT molecular complexity index is 581. The second kappa shape index (κ2) is 6.39. The van der Waals surface area contributed by atoms with E-state index in [1.807, 2.05) is 0 Å². The second-order valence-electron chi connectivity index (χ2n) is 5.00. The molecule has 0 aliphatic carbocycles. The number of likely N-dealkylation sites (tertiary alicyclic amines) is 1. The zero-order chi connectivity index (χ0) is 15.6. The summed E-state index contributed by atoms with van der Waals surface area (Å²) in [6.45, 7) is 2.25. The van der Waals surface area contributed by atoms with Crippen molar-refractivity contribution in [1.82, 2.24) is 4.90 Å². The molecule has 0 aromatic heterocycles. The highest BCUT2D eigenvalue weighted by atomic mass is 127. The van der Waals surface area contributed by atoms with Gasteiger partial charge in [-0.3, -0.25) is 0 Å². The third-order valence-corrected chi connectivity index (χ3v) is 5.02. The van der Waals surface area contributed by atoms with Crippen molar-refractivity contribution in [3.63, 3.8) is 0 Å². The minimum Gasteiger partial charge on any atom is -0.479 e. The predicted molar refractivity (Wildman–Crippen MR) is 89.8 cm³/mol. The lowest BCUT2D eigenvalue weighted by Crippen LogP contribution is -2.54. The van der Waals surface area contributed by atoms with Gasteiger partial charge in [0.15, 0.2) is 0 Å². The van der Waals surface area contributed by atoms with Gasteiger partial charge in [0.05, 0.1) is 5.69 Å². The molecular weight excluding hydrogens is 407 g/mol. The zero-order valence-corrected chi connectivity index (χ0v) is 14.4. The van der Waals surface area contributed by atoms with Crippen LogP contribution in [0.1, 0.15) is 26.2 Å². The van der Waals surface area contributed by atoms with Crippen LogP contribution in [0.15, 0.2) is 18.2 Å². The summed E-state index contributed by atoms with van der Waals surface area (Å²) in [5, 5.41) is 12.9. The van der Waals surface area contributed by atoms with Crippen molar-refractivity contribution in [3.8, 4) is 0 Å². The highest BCUT2D eigenvalue weighted by Gasteiger charge is 2.48. The number of halogens is 2. The average molecular weight is 423 g/mol. The first-order valence-electron chi connectivity index (χ1n) is 6.68. The molecule has 0 radical (unpaired) electrons. The van der Waals surface area contributed by atoms with Gasteiger partial charge in [-0.05, 0) is 60.1 Å². The average Bonchev–Trinajstić information content (AvgIpc) is 2.87. The summed E-state index contributed by atoms with van der Waals surface area (Å²) in [5.74, 6) is -0.941. The van der Waals surface area contributed by atoms with E-state index in [0.29, 0.717) is 36.5 Å². The lowest BCUT2D eigenvalue weighted by molar-refractivity contribution is -0.148. The van der Waals surface area contributed by atoms with Gasteiger partial charge in [-0.2, -0.15) is 0 Å². The summed E-state index contributed by atoms with van der Waals surface area (Å²) in [6, 6.07) is 4.77. The first-order chi connectivity index (χ1) is 9.90. The number of nitrogens with one attached hydrogen (secondary N) is 1. The summed E-state index contributed by atoms with van der Waals surface area (Å²) in [5.41, 5.74) is -0.464. The van der Waals surface area contributed by atoms with Crippen molar-refractivity contribution in [2.75, 3.05) is 11.9 Å². The van der Waals surface area contributed by atoms with Gasteiger partial charge < -0.3 is 15.3 Å². The van der Waals surface area contributed by atoms with Crippen LogP contribution in [0.5, 0.6) is 0 Å². The third kappa shape index (κ3) is 3.11. The molecular formula is C14H16ClIN2O3. The van der Waals surface area contributed by atoms with Gasteiger partial charge in [0.2, 0.25) is 0 Å². The number of anilines is 1. The number of amides is 2. The largest absolute Gasteiger partial charge is 0.479 e. The molecule has 5 nitrogen and oxygen atoms in total. The van der Waals surface area contributed by atoms with Crippen LogP contribution in [-0.2, 0) is 4.79 Å². The molecule has 1 fully saturated rings. The summed E-state index contributed by atoms with van der Waals surface area (Å²) in [6.07, 6.45) is 1.59. The highest BCUT2D eigenvalue weighted by Crippen LogP contribution is 2.33. The van der Waals surface area contributed by atoms with E-state index in [1.165, 1.54) is 4.90 Å². The maximum absolute atomic E-state index is 12.4. The molecule has 1 aliphatic heterocycles. The number of aliphatic carboxylic acids is 1. The number of urea groups is 1. The molecule has 1 aliphatic rings. The normalized spacial score (nSPS) is 21.4. The fourth-order valence-corrected chi connectivity index (χ4v) is 3.70. The number of carbonyl (C=O) groups is 2. The Morgan fingerprint density at radius 1 is 1.52 bits per heavy atom. The molecule has 21 heavy (non-hydrogen) atoms. The molecule has 2 amide bonds. The van der Waals surface area contributed by atoms with Crippen LogP contribution in [0.3, 0.4) is 0 Å². The van der Waals surface area contributed by atoms with E-state index in [2.05, 4.69) is 27.9 Å². The Hall–Kier alpha value is -1.02. The molecule has 2 N–H and O–H groups in total. The van der Waals surface area contributed by atoms with E-state index >= 15 is 0 Å². The maximum atomic E-state index is 12.4. The topological polar surface area (TPSA) is 69.6 Å². The smallest absolute Gasteiger partial charge is 0.329 e.